The second kappa shape index (κ2) is 4.32. The molecule has 0 fully saturated rings. The zero-order valence-corrected chi connectivity index (χ0v) is 9.37. The highest BCUT2D eigenvalue weighted by molar-refractivity contribution is 9.10. The van der Waals surface area contributed by atoms with Gasteiger partial charge in [-0.2, -0.15) is 13.2 Å². The first-order chi connectivity index (χ1) is 7.64. The Hall–Kier alpha value is -1.64. The summed E-state index contributed by atoms with van der Waals surface area (Å²) in [5.74, 6) is -1.89. The van der Waals surface area contributed by atoms with E-state index in [1.54, 1.807) is 0 Å². The molecular weight excluding hydrogens is 311 g/mol. The van der Waals surface area contributed by atoms with E-state index >= 15 is 0 Å². The molecule has 0 aliphatic rings. The normalized spacial score (nSPS) is 11.3. The van der Waals surface area contributed by atoms with E-state index in [0.29, 0.717) is 12.1 Å². The van der Waals surface area contributed by atoms with Crippen LogP contribution in [-0.2, 0) is 6.18 Å². The van der Waals surface area contributed by atoms with Gasteiger partial charge in [0.2, 0.25) is 0 Å². The molecule has 5 nitrogen and oxygen atoms in total. The van der Waals surface area contributed by atoms with Crippen molar-refractivity contribution in [1.29, 1.82) is 0 Å². The van der Waals surface area contributed by atoms with Crippen LogP contribution in [0.5, 0.6) is 0 Å². The third-order valence-electron chi connectivity index (χ3n) is 1.80. The lowest BCUT2D eigenvalue weighted by molar-refractivity contribution is -0.385. The number of hydrogen-bond donors (Lipinski definition) is 1. The number of rotatable bonds is 2. The number of alkyl halides is 3. The summed E-state index contributed by atoms with van der Waals surface area (Å²) in [5, 5.41) is 19.0. The van der Waals surface area contributed by atoms with Crippen LogP contribution in [0.4, 0.5) is 18.9 Å². The molecule has 0 aromatic heterocycles. The largest absolute Gasteiger partial charge is 0.478 e. The van der Waals surface area contributed by atoms with Crippen LogP contribution in [0.2, 0.25) is 0 Å². The first-order valence-corrected chi connectivity index (χ1v) is 4.72. The Morgan fingerprint density at radius 3 is 2.29 bits per heavy atom. The van der Waals surface area contributed by atoms with Crippen LogP contribution in [0.3, 0.4) is 0 Å². The van der Waals surface area contributed by atoms with E-state index in [1.165, 1.54) is 0 Å². The second-order valence-corrected chi connectivity index (χ2v) is 3.76. The Bertz CT molecular complexity index is 500. The van der Waals surface area contributed by atoms with Crippen LogP contribution in [0, 0.1) is 10.1 Å². The molecule has 1 rings (SSSR count). The molecule has 0 spiro atoms. The summed E-state index contributed by atoms with van der Waals surface area (Å²) in [6.07, 6.45) is -4.91. The van der Waals surface area contributed by atoms with Crippen molar-refractivity contribution in [3.05, 3.63) is 37.8 Å². The van der Waals surface area contributed by atoms with Gasteiger partial charge in [-0.1, -0.05) is 0 Å². The van der Waals surface area contributed by atoms with Crippen LogP contribution in [-0.4, -0.2) is 16.0 Å². The van der Waals surface area contributed by atoms with Gasteiger partial charge in [0, 0.05) is 16.6 Å². The van der Waals surface area contributed by atoms with E-state index in [2.05, 4.69) is 15.9 Å². The number of carboxylic acids is 1. The van der Waals surface area contributed by atoms with Gasteiger partial charge in [0.05, 0.1) is 16.1 Å². The highest BCUT2D eigenvalue weighted by Gasteiger charge is 2.39. The van der Waals surface area contributed by atoms with Gasteiger partial charge in [-0.3, -0.25) is 10.1 Å². The molecule has 0 saturated carbocycles. The first-order valence-electron chi connectivity index (χ1n) is 3.93. The number of aromatic carboxylic acids is 1. The van der Waals surface area contributed by atoms with Crippen molar-refractivity contribution in [2.75, 3.05) is 0 Å². The van der Waals surface area contributed by atoms with Crippen LogP contribution < -0.4 is 0 Å². The number of carboxylic acid groups (broad SMARTS) is 1. The zero-order chi connectivity index (χ0) is 13.4. The number of hydrogen-bond acceptors (Lipinski definition) is 3. The van der Waals surface area contributed by atoms with Gasteiger partial charge in [-0.25, -0.2) is 4.79 Å². The van der Waals surface area contributed by atoms with E-state index in [0.717, 1.165) is 0 Å². The number of nitrogens with zero attached hydrogens (tertiary/aromatic N) is 1. The smallest absolute Gasteiger partial charge is 0.418 e. The molecule has 0 aliphatic heterocycles. The fourth-order valence-electron chi connectivity index (χ4n) is 1.15. The minimum atomic E-state index is -4.91. The summed E-state index contributed by atoms with van der Waals surface area (Å²) in [6, 6.07) is 0.977. The van der Waals surface area contributed by atoms with Crippen molar-refractivity contribution in [3.8, 4) is 0 Å². The maximum Gasteiger partial charge on any atom is 0.418 e. The number of nitro benzene ring substituents is 1. The number of halogens is 4. The molecule has 0 radical (unpaired) electrons. The Balaban J connectivity index is 3.61. The highest BCUT2D eigenvalue weighted by Crippen LogP contribution is 2.39. The Labute approximate surface area is 100 Å². The van der Waals surface area contributed by atoms with Gasteiger partial charge in [0.1, 0.15) is 0 Å². The molecule has 1 aromatic carbocycles. The third-order valence-corrected chi connectivity index (χ3v) is 2.43. The van der Waals surface area contributed by atoms with Gasteiger partial charge in [0.25, 0.3) is 5.69 Å². The highest BCUT2D eigenvalue weighted by atomic mass is 79.9. The topological polar surface area (TPSA) is 80.4 Å². The Morgan fingerprint density at radius 2 is 1.94 bits per heavy atom. The summed E-state index contributed by atoms with van der Waals surface area (Å²) >= 11 is 2.48. The number of benzene rings is 1. The van der Waals surface area contributed by atoms with Crippen LogP contribution in [0.25, 0.3) is 0 Å². The van der Waals surface area contributed by atoms with E-state index in [4.69, 9.17) is 5.11 Å². The maximum absolute atomic E-state index is 12.5. The molecule has 0 bridgehead atoms. The van der Waals surface area contributed by atoms with Gasteiger partial charge >= 0.3 is 12.1 Å². The molecule has 0 aliphatic carbocycles. The van der Waals surface area contributed by atoms with Crippen LogP contribution in [0.1, 0.15) is 15.9 Å². The molecule has 0 saturated heterocycles. The lowest BCUT2D eigenvalue weighted by Gasteiger charge is -2.11. The lowest BCUT2D eigenvalue weighted by atomic mass is 10.1. The lowest BCUT2D eigenvalue weighted by Crippen LogP contribution is -2.14. The number of non-ortho nitro benzene ring substituents is 1. The van der Waals surface area contributed by atoms with E-state index in [9.17, 15) is 28.1 Å². The van der Waals surface area contributed by atoms with Crippen molar-refractivity contribution < 1.29 is 28.0 Å². The quantitative estimate of drug-likeness (QED) is 0.672. The molecule has 92 valence electrons. The van der Waals surface area contributed by atoms with Crippen LogP contribution in [0.15, 0.2) is 16.6 Å². The van der Waals surface area contributed by atoms with Crippen molar-refractivity contribution in [2.45, 2.75) is 6.18 Å². The fraction of sp³-hybridized carbons (Fsp3) is 0.125. The third kappa shape index (κ3) is 2.73. The molecular formula is C8H3BrF3NO4. The summed E-state index contributed by atoms with van der Waals surface area (Å²) in [4.78, 5) is 20.1. The Kier molecular flexibility index (Phi) is 3.41. The van der Waals surface area contributed by atoms with Gasteiger partial charge < -0.3 is 5.11 Å². The van der Waals surface area contributed by atoms with Gasteiger partial charge in [-0.05, 0) is 15.9 Å². The van der Waals surface area contributed by atoms with Gasteiger partial charge in [0.15, 0.2) is 0 Å². The molecule has 0 atom stereocenters. The Morgan fingerprint density at radius 1 is 1.41 bits per heavy atom. The summed E-state index contributed by atoms with van der Waals surface area (Å²) in [6.45, 7) is 0. The van der Waals surface area contributed by atoms with E-state index in [-0.39, 0.29) is 0 Å². The zero-order valence-electron chi connectivity index (χ0n) is 7.79. The predicted octanol–water partition coefficient (Wildman–Crippen LogP) is 3.07. The first kappa shape index (κ1) is 13.4. The number of carbonyl (C=O) groups is 1. The minimum Gasteiger partial charge on any atom is -0.478 e. The van der Waals surface area contributed by atoms with Crippen LogP contribution >= 0.6 is 15.9 Å². The molecule has 1 aromatic rings. The molecule has 1 N–H and O–H groups in total. The van der Waals surface area contributed by atoms with Crippen molar-refractivity contribution in [1.82, 2.24) is 0 Å². The minimum absolute atomic E-state index is 0.371. The van der Waals surface area contributed by atoms with Gasteiger partial charge in [-0.15, -0.1) is 0 Å². The summed E-state index contributed by atoms with van der Waals surface area (Å²) in [5.41, 5.74) is -3.35. The SMILES string of the molecule is O=C(O)c1cc([N+](=O)[O-])cc(Br)c1C(F)(F)F. The molecule has 9 heteroatoms. The summed E-state index contributed by atoms with van der Waals surface area (Å²) < 4.78 is 36.9. The second-order valence-electron chi connectivity index (χ2n) is 2.91. The average Bonchev–Trinajstić information content (AvgIpc) is 2.13. The standard InChI is InChI=1S/C8H3BrF3NO4/c9-5-2-3(13(16)17)1-4(7(14)15)6(5)8(10,11)12/h1-2H,(H,14,15). The molecule has 17 heavy (non-hydrogen) atoms. The molecule has 0 unspecified atom stereocenters. The molecule has 0 heterocycles. The van der Waals surface area contributed by atoms with Crippen molar-refractivity contribution in [2.24, 2.45) is 0 Å². The monoisotopic (exact) mass is 313 g/mol. The summed E-state index contributed by atoms with van der Waals surface area (Å²) in [7, 11) is 0. The van der Waals surface area contributed by atoms with E-state index < -0.39 is 38.4 Å². The van der Waals surface area contributed by atoms with Crippen molar-refractivity contribution in [3.63, 3.8) is 0 Å². The maximum atomic E-state index is 12.5. The predicted molar refractivity (Wildman–Crippen MR) is 52.8 cm³/mol. The average molecular weight is 314 g/mol. The fourth-order valence-corrected chi connectivity index (χ4v) is 1.83. The number of nitro groups is 1. The molecule has 0 amide bonds. The van der Waals surface area contributed by atoms with E-state index in [1.807, 2.05) is 0 Å². The van der Waals surface area contributed by atoms with Crippen molar-refractivity contribution >= 4 is 27.6 Å².